The van der Waals surface area contributed by atoms with Crippen molar-refractivity contribution in [3.05, 3.63) is 12.0 Å². The minimum absolute atomic E-state index is 0.0478. The third kappa shape index (κ3) is 2.30. The highest BCUT2D eigenvalue weighted by Crippen LogP contribution is 2.18. The maximum Gasteiger partial charge on any atom is 0.262 e. The van der Waals surface area contributed by atoms with Gasteiger partial charge in [0.05, 0.1) is 0 Å². The van der Waals surface area contributed by atoms with Gasteiger partial charge in [0.15, 0.2) is 5.03 Å². The molecule has 0 spiro atoms. The van der Waals surface area contributed by atoms with Crippen LogP contribution in [0.1, 0.15) is 19.2 Å². The van der Waals surface area contributed by atoms with Gasteiger partial charge < -0.3 is 9.88 Å². The maximum absolute atomic E-state index is 12.4. The van der Waals surface area contributed by atoms with Crippen molar-refractivity contribution in [2.24, 2.45) is 0 Å². The second-order valence-corrected chi connectivity index (χ2v) is 6.60. The Hall–Kier alpha value is -0.920. The molecular weight excluding hydrogens is 252 g/mol. The zero-order chi connectivity index (χ0) is 13.3. The minimum Gasteiger partial charge on any atom is -0.334 e. The molecule has 0 radical (unpaired) electrons. The average molecular weight is 272 g/mol. The van der Waals surface area contributed by atoms with Crippen molar-refractivity contribution >= 4 is 10.0 Å². The fourth-order valence-corrected chi connectivity index (χ4v) is 3.29. The fourth-order valence-electron chi connectivity index (χ4n) is 1.95. The molecule has 1 fully saturated rings. The second-order valence-electron chi connectivity index (χ2n) is 4.65. The molecule has 2 rings (SSSR count). The molecule has 1 aromatic heterocycles. The van der Waals surface area contributed by atoms with Gasteiger partial charge in [-0.3, -0.25) is 0 Å². The molecule has 7 heteroatoms. The predicted octanol–water partition coefficient (Wildman–Crippen LogP) is 0.194. The van der Waals surface area contributed by atoms with Gasteiger partial charge in [-0.15, -0.1) is 0 Å². The normalized spacial score (nSPS) is 17.1. The Balaban J connectivity index is 2.26. The third-order valence-electron chi connectivity index (χ3n) is 3.34. The van der Waals surface area contributed by atoms with Crippen molar-refractivity contribution in [3.8, 4) is 0 Å². The highest BCUT2D eigenvalue weighted by atomic mass is 32.2. The second kappa shape index (κ2) is 4.99. The summed E-state index contributed by atoms with van der Waals surface area (Å²) >= 11 is 0. The van der Waals surface area contributed by atoms with E-state index in [0.29, 0.717) is 13.1 Å². The lowest BCUT2D eigenvalue weighted by atomic mass is 10.2. The van der Waals surface area contributed by atoms with Crippen molar-refractivity contribution in [3.63, 3.8) is 0 Å². The number of nitrogens with one attached hydrogen (secondary N) is 1. The van der Waals surface area contributed by atoms with E-state index in [1.54, 1.807) is 13.2 Å². The summed E-state index contributed by atoms with van der Waals surface area (Å²) in [5.41, 5.74) is 0. The highest BCUT2D eigenvalue weighted by molar-refractivity contribution is 7.89. The molecule has 0 unspecified atom stereocenters. The quantitative estimate of drug-likeness (QED) is 0.831. The van der Waals surface area contributed by atoms with Crippen molar-refractivity contribution < 1.29 is 8.42 Å². The summed E-state index contributed by atoms with van der Waals surface area (Å²) in [7, 11) is -1.84. The van der Waals surface area contributed by atoms with Gasteiger partial charge in [-0.25, -0.2) is 13.4 Å². The van der Waals surface area contributed by atoms with Crippen LogP contribution in [0.25, 0.3) is 0 Å². The first-order valence-corrected chi connectivity index (χ1v) is 7.63. The van der Waals surface area contributed by atoms with Gasteiger partial charge in [-0.2, -0.15) is 4.31 Å². The van der Waals surface area contributed by atoms with Gasteiger partial charge in [0.25, 0.3) is 10.0 Å². The van der Waals surface area contributed by atoms with Gasteiger partial charge >= 0.3 is 0 Å². The zero-order valence-corrected chi connectivity index (χ0v) is 11.9. The van der Waals surface area contributed by atoms with E-state index in [1.807, 2.05) is 11.5 Å². The van der Waals surface area contributed by atoms with Crippen LogP contribution in [-0.4, -0.2) is 48.5 Å². The number of rotatable bonds is 5. The lowest BCUT2D eigenvalue weighted by Gasteiger charge is -2.34. The number of sulfonamides is 1. The Kier molecular flexibility index (Phi) is 3.74. The van der Waals surface area contributed by atoms with Crippen molar-refractivity contribution in [1.29, 1.82) is 0 Å². The molecule has 1 aromatic rings. The van der Waals surface area contributed by atoms with Gasteiger partial charge in [0, 0.05) is 38.9 Å². The summed E-state index contributed by atoms with van der Waals surface area (Å²) in [5.74, 6) is 0.746. The Morgan fingerprint density at radius 2 is 2.22 bits per heavy atom. The summed E-state index contributed by atoms with van der Waals surface area (Å²) < 4.78 is 28.0. The van der Waals surface area contributed by atoms with Gasteiger partial charge in [0.2, 0.25) is 0 Å². The van der Waals surface area contributed by atoms with Gasteiger partial charge in [-0.1, -0.05) is 6.92 Å². The number of likely N-dealkylation sites (N-methyl/N-ethyl adjacent to an activating group) is 1. The molecule has 0 bridgehead atoms. The van der Waals surface area contributed by atoms with Crippen molar-refractivity contribution in [1.82, 2.24) is 19.2 Å². The number of imidazole rings is 1. The van der Waals surface area contributed by atoms with E-state index >= 15 is 0 Å². The van der Waals surface area contributed by atoms with Crippen LogP contribution in [0.3, 0.4) is 0 Å². The van der Waals surface area contributed by atoms with Crippen molar-refractivity contribution in [2.75, 3.05) is 20.1 Å². The predicted molar refractivity (Wildman–Crippen MR) is 68.9 cm³/mol. The molecule has 1 aliphatic rings. The van der Waals surface area contributed by atoms with E-state index in [9.17, 15) is 8.42 Å². The highest BCUT2D eigenvalue weighted by Gasteiger charge is 2.33. The molecule has 0 aliphatic carbocycles. The van der Waals surface area contributed by atoms with E-state index in [0.717, 1.165) is 18.8 Å². The number of hydrogen-bond acceptors (Lipinski definition) is 4. The molecule has 0 amide bonds. The SMILES string of the molecule is CCCn1cc(S(=O)(=O)N(C)C2CNC2)nc1C. The molecule has 0 saturated carbocycles. The number of hydrogen-bond donors (Lipinski definition) is 1. The topological polar surface area (TPSA) is 67.2 Å². The molecule has 1 aliphatic heterocycles. The third-order valence-corrected chi connectivity index (χ3v) is 5.12. The van der Waals surface area contributed by atoms with Crippen LogP contribution in [-0.2, 0) is 16.6 Å². The molecule has 1 saturated heterocycles. The molecule has 0 atom stereocenters. The molecule has 0 aromatic carbocycles. The molecule has 2 heterocycles. The fraction of sp³-hybridized carbons (Fsp3) is 0.727. The van der Waals surface area contributed by atoms with Crippen LogP contribution in [0.5, 0.6) is 0 Å². The summed E-state index contributed by atoms with van der Waals surface area (Å²) in [6.45, 7) is 6.11. The monoisotopic (exact) mass is 272 g/mol. The number of aromatic nitrogens is 2. The van der Waals surface area contributed by atoms with Gasteiger partial charge in [-0.05, 0) is 13.3 Å². The Labute approximate surface area is 108 Å². The van der Waals surface area contributed by atoms with Crippen LogP contribution >= 0.6 is 0 Å². The van der Waals surface area contributed by atoms with E-state index in [-0.39, 0.29) is 11.1 Å². The molecule has 6 nitrogen and oxygen atoms in total. The minimum atomic E-state index is -3.46. The number of nitrogens with zero attached hydrogens (tertiary/aromatic N) is 3. The molecular formula is C11H20N4O2S. The first-order valence-electron chi connectivity index (χ1n) is 6.19. The van der Waals surface area contributed by atoms with E-state index in [2.05, 4.69) is 17.2 Å². The first kappa shape index (κ1) is 13.5. The van der Waals surface area contributed by atoms with Crippen LogP contribution in [0.2, 0.25) is 0 Å². The lowest BCUT2D eigenvalue weighted by Crippen LogP contribution is -2.57. The first-order chi connectivity index (χ1) is 8.46. The van der Waals surface area contributed by atoms with Crippen LogP contribution < -0.4 is 5.32 Å². The smallest absolute Gasteiger partial charge is 0.262 e. The Morgan fingerprint density at radius 1 is 1.56 bits per heavy atom. The molecule has 1 N–H and O–H groups in total. The molecule has 18 heavy (non-hydrogen) atoms. The van der Waals surface area contributed by atoms with Crippen molar-refractivity contribution in [2.45, 2.75) is 37.9 Å². The van der Waals surface area contributed by atoms with Gasteiger partial charge in [0.1, 0.15) is 5.82 Å². The zero-order valence-electron chi connectivity index (χ0n) is 11.0. The Bertz CT molecular complexity index is 519. The van der Waals surface area contributed by atoms with E-state index in [4.69, 9.17) is 0 Å². The number of aryl methyl sites for hydroxylation is 2. The maximum atomic E-state index is 12.4. The van der Waals surface area contributed by atoms with E-state index in [1.165, 1.54) is 4.31 Å². The van der Waals surface area contributed by atoms with Crippen LogP contribution in [0.15, 0.2) is 11.2 Å². The van der Waals surface area contributed by atoms with Crippen LogP contribution in [0, 0.1) is 6.92 Å². The molecule has 102 valence electrons. The average Bonchev–Trinajstić information content (AvgIpc) is 2.59. The Morgan fingerprint density at radius 3 is 2.72 bits per heavy atom. The standard InChI is InChI=1S/C11H20N4O2S/c1-4-5-15-8-11(13-9(15)2)18(16,17)14(3)10-6-12-7-10/h8,10,12H,4-7H2,1-3H3. The van der Waals surface area contributed by atoms with E-state index < -0.39 is 10.0 Å². The summed E-state index contributed by atoms with van der Waals surface area (Å²) in [4.78, 5) is 4.18. The largest absolute Gasteiger partial charge is 0.334 e. The summed E-state index contributed by atoms with van der Waals surface area (Å²) in [6, 6.07) is 0.0478. The lowest BCUT2D eigenvalue weighted by molar-refractivity contribution is 0.273. The summed E-state index contributed by atoms with van der Waals surface area (Å²) in [6.07, 6.45) is 2.59. The van der Waals surface area contributed by atoms with Crippen LogP contribution in [0.4, 0.5) is 0 Å². The summed E-state index contributed by atoms with van der Waals surface area (Å²) in [5, 5.41) is 3.23.